The number of halogens is 4. The summed E-state index contributed by atoms with van der Waals surface area (Å²) < 4.78 is 42.8. The lowest BCUT2D eigenvalue weighted by Crippen LogP contribution is -2.34. The van der Waals surface area contributed by atoms with Gasteiger partial charge in [-0.05, 0) is 32.0 Å². The minimum Gasteiger partial charge on any atom is -0.474 e. The molecule has 0 bridgehead atoms. The van der Waals surface area contributed by atoms with Gasteiger partial charge in [0, 0.05) is 12.3 Å². The first kappa shape index (κ1) is 15.0. The molecule has 0 saturated carbocycles. The molecule has 0 radical (unpaired) electrons. The standard InChI is InChI=1S/C11H13F3N2O.ClH/c12-11(13,14)8-1-6-16-10(7-8)17-9-2-4-15-5-3-9;/h1,6-7,9,15H,2-5H2;1H. The predicted molar refractivity (Wildman–Crippen MR) is 63.0 cm³/mol. The number of rotatable bonds is 2. The van der Waals surface area contributed by atoms with Crippen molar-refractivity contribution in [2.24, 2.45) is 0 Å². The van der Waals surface area contributed by atoms with Gasteiger partial charge in [0.15, 0.2) is 0 Å². The second-order valence-electron chi connectivity index (χ2n) is 3.95. The van der Waals surface area contributed by atoms with E-state index < -0.39 is 11.7 Å². The molecule has 0 aromatic carbocycles. The molecule has 1 saturated heterocycles. The zero-order valence-corrected chi connectivity index (χ0v) is 10.4. The van der Waals surface area contributed by atoms with E-state index in [2.05, 4.69) is 10.3 Å². The van der Waals surface area contributed by atoms with E-state index in [4.69, 9.17) is 4.74 Å². The molecule has 0 amide bonds. The Morgan fingerprint density at radius 2 is 1.94 bits per heavy atom. The summed E-state index contributed by atoms with van der Waals surface area (Å²) in [5.74, 6) is 0.0479. The molecule has 1 aromatic heterocycles. The number of nitrogens with one attached hydrogen (secondary N) is 1. The molecule has 18 heavy (non-hydrogen) atoms. The van der Waals surface area contributed by atoms with Gasteiger partial charge >= 0.3 is 6.18 Å². The number of ether oxygens (including phenoxy) is 1. The Morgan fingerprint density at radius 3 is 2.56 bits per heavy atom. The highest BCUT2D eigenvalue weighted by Gasteiger charge is 2.31. The molecule has 2 heterocycles. The molecule has 1 fully saturated rings. The molecule has 1 N–H and O–H groups in total. The van der Waals surface area contributed by atoms with Crippen molar-refractivity contribution in [2.45, 2.75) is 25.1 Å². The van der Waals surface area contributed by atoms with Crippen molar-refractivity contribution < 1.29 is 17.9 Å². The van der Waals surface area contributed by atoms with Crippen LogP contribution in [0.4, 0.5) is 13.2 Å². The summed E-state index contributed by atoms with van der Waals surface area (Å²) >= 11 is 0. The van der Waals surface area contributed by atoms with Crippen molar-refractivity contribution in [3.05, 3.63) is 23.9 Å². The van der Waals surface area contributed by atoms with Crippen molar-refractivity contribution in [2.75, 3.05) is 13.1 Å². The van der Waals surface area contributed by atoms with Crippen LogP contribution in [-0.2, 0) is 6.18 Å². The number of pyridine rings is 1. The second kappa shape index (κ2) is 6.24. The monoisotopic (exact) mass is 282 g/mol. The van der Waals surface area contributed by atoms with Gasteiger partial charge in [-0.1, -0.05) is 0 Å². The summed E-state index contributed by atoms with van der Waals surface area (Å²) in [5, 5.41) is 3.16. The summed E-state index contributed by atoms with van der Waals surface area (Å²) in [6.45, 7) is 1.65. The topological polar surface area (TPSA) is 34.1 Å². The van der Waals surface area contributed by atoms with E-state index in [1.165, 1.54) is 0 Å². The summed E-state index contributed by atoms with van der Waals surface area (Å²) in [6.07, 6.45) is -1.70. The van der Waals surface area contributed by atoms with Crippen molar-refractivity contribution in [3.8, 4) is 5.88 Å². The number of hydrogen-bond acceptors (Lipinski definition) is 3. The molecule has 0 atom stereocenters. The highest BCUT2D eigenvalue weighted by atomic mass is 35.5. The van der Waals surface area contributed by atoms with Crippen molar-refractivity contribution in [1.29, 1.82) is 0 Å². The Labute approximate surface area is 109 Å². The van der Waals surface area contributed by atoms with Gasteiger partial charge in [0.05, 0.1) is 5.56 Å². The summed E-state index contributed by atoms with van der Waals surface area (Å²) in [7, 11) is 0. The zero-order valence-electron chi connectivity index (χ0n) is 9.54. The van der Waals surface area contributed by atoms with Crippen LogP contribution in [0.15, 0.2) is 18.3 Å². The van der Waals surface area contributed by atoms with E-state index in [0.717, 1.165) is 44.3 Å². The Kier molecular flexibility index (Phi) is 5.22. The fourth-order valence-corrected chi connectivity index (χ4v) is 1.73. The maximum Gasteiger partial charge on any atom is 0.416 e. The van der Waals surface area contributed by atoms with Crippen LogP contribution in [0, 0.1) is 0 Å². The largest absolute Gasteiger partial charge is 0.474 e. The van der Waals surface area contributed by atoms with E-state index in [1.807, 2.05) is 0 Å². The minimum absolute atomic E-state index is 0. The summed E-state index contributed by atoms with van der Waals surface area (Å²) in [4.78, 5) is 3.80. The summed E-state index contributed by atoms with van der Waals surface area (Å²) in [5.41, 5.74) is -0.726. The van der Waals surface area contributed by atoms with Crippen LogP contribution in [-0.4, -0.2) is 24.2 Å². The number of piperidine rings is 1. The normalized spacial score (nSPS) is 17.1. The van der Waals surface area contributed by atoms with Gasteiger partial charge in [-0.2, -0.15) is 13.2 Å². The molecule has 0 unspecified atom stereocenters. The SMILES string of the molecule is Cl.FC(F)(F)c1ccnc(OC2CCNCC2)c1. The van der Waals surface area contributed by atoms with E-state index in [1.54, 1.807) is 0 Å². The summed E-state index contributed by atoms with van der Waals surface area (Å²) in [6, 6.07) is 1.89. The Hall–Kier alpha value is -1.01. The first-order valence-electron chi connectivity index (χ1n) is 5.46. The van der Waals surface area contributed by atoms with Gasteiger partial charge in [0.25, 0.3) is 0 Å². The van der Waals surface area contributed by atoms with Crippen LogP contribution in [0.25, 0.3) is 0 Å². The average Bonchev–Trinajstić information content (AvgIpc) is 2.29. The van der Waals surface area contributed by atoms with E-state index in [0.29, 0.717) is 0 Å². The van der Waals surface area contributed by atoms with Crippen LogP contribution in [0.1, 0.15) is 18.4 Å². The maximum atomic E-state index is 12.5. The first-order valence-corrected chi connectivity index (χ1v) is 5.46. The van der Waals surface area contributed by atoms with Crippen LogP contribution in [0.5, 0.6) is 5.88 Å². The zero-order chi connectivity index (χ0) is 12.3. The number of hydrogen-bond donors (Lipinski definition) is 1. The number of aromatic nitrogens is 1. The molecule has 3 nitrogen and oxygen atoms in total. The Morgan fingerprint density at radius 1 is 1.28 bits per heavy atom. The molecule has 1 aliphatic rings. The minimum atomic E-state index is -4.35. The van der Waals surface area contributed by atoms with Crippen LogP contribution >= 0.6 is 12.4 Å². The van der Waals surface area contributed by atoms with Gasteiger partial charge in [0.1, 0.15) is 6.10 Å². The molecule has 102 valence electrons. The Bertz CT molecular complexity index is 381. The third-order valence-electron chi connectivity index (χ3n) is 2.64. The molecular formula is C11H14ClF3N2O. The molecule has 1 aliphatic heterocycles. The highest BCUT2D eigenvalue weighted by molar-refractivity contribution is 5.85. The lowest BCUT2D eigenvalue weighted by atomic mass is 10.1. The van der Waals surface area contributed by atoms with Gasteiger partial charge in [-0.3, -0.25) is 0 Å². The molecule has 0 aliphatic carbocycles. The fraction of sp³-hybridized carbons (Fsp3) is 0.545. The highest BCUT2D eigenvalue weighted by Crippen LogP contribution is 2.30. The average molecular weight is 283 g/mol. The lowest BCUT2D eigenvalue weighted by molar-refractivity contribution is -0.137. The fourth-order valence-electron chi connectivity index (χ4n) is 1.73. The number of alkyl halides is 3. The number of nitrogens with zero attached hydrogens (tertiary/aromatic N) is 1. The third kappa shape index (κ3) is 4.03. The van der Waals surface area contributed by atoms with Gasteiger partial charge < -0.3 is 10.1 Å². The van der Waals surface area contributed by atoms with Gasteiger partial charge in [-0.25, -0.2) is 4.98 Å². The van der Waals surface area contributed by atoms with Crippen LogP contribution in [0.2, 0.25) is 0 Å². The lowest BCUT2D eigenvalue weighted by Gasteiger charge is -2.23. The Balaban J connectivity index is 0.00000162. The molecule has 0 spiro atoms. The first-order chi connectivity index (χ1) is 8.05. The van der Waals surface area contributed by atoms with Crippen LogP contribution in [0.3, 0.4) is 0 Å². The van der Waals surface area contributed by atoms with E-state index in [-0.39, 0.29) is 24.4 Å². The van der Waals surface area contributed by atoms with Crippen molar-refractivity contribution in [1.82, 2.24) is 10.3 Å². The van der Waals surface area contributed by atoms with E-state index in [9.17, 15) is 13.2 Å². The molecular weight excluding hydrogens is 269 g/mol. The van der Waals surface area contributed by atoms with Crippen LogP contribution < -0.4 is 10.1 Å². The van der Waals surface area contributed by atoms with Gasteiger partial charge in [-0.15, -0.1) is 12.4 Å². The third-order valence-corrected chi connectivity index (χ3v) is 2.64. The predicted octanol–water partition coefficient (Wildman–Crippen LogP) is 2.65. The van der Waals surface area contributed by atoms with Crippen molar-refractivity contribution in [3.63, 3.8) is 0 Å². The molecule has 2 rings (SSSR count). The van der Waals surface area contributed by atoms with Gasteiger partial charge in [0.2, 0.25) is 5.88 Å². The van der Waals surface area contributed by atoms with Crippen molar-refractivity contribution >= 4 is 12.4 Å². The maximum absolute atomic E-state index is 12.5. The second-order valence-corrected chi connectivity index (χ2v) is 3.95. The van der Waals surface area contributed by atoms with E-state index >= 15 is 0 Å². The quantitative estimate of drug-likeness (QED) is 0.905. The molecule has 1 aromatic rings. The smallest absolute Gasteiger partial charge is 0.416 e. The molecule has 7 heteroatoms.